The number of carbonyl (C=O) groups is 3. The highest BCUT2D eigenvalue weighted by atomic mass is 16.5. The number of ether oxygens (including phenoxy) is 1. The van der Waals surface area contributed by atoms with E-state index in [4.69, 9.17) is 10.00 Å². The zero-order valence-corrected chi connectivity index (χ0v) is 15.1. The van der Waals surface area contributed by atoms with Crippen molar-refractivity contribution in [2.45, 2.75) is 44.6 Å². The summed E-state index contributed by atoms with van der Waals surface area (Å²) in [6.07, 6.45) is 4.73. The van der Waals surface area contributed by atoms with E-state index >= 15 is 0 Å². The minimum Gasteiger partial charge on any atom is -0.455 e. The summed E-state index contributed by atoms with van der Waals surface area (Å²) in [5.41, 5.74) is 1.43. The molecular formula is C20H23N3O4. The Hall–Kier alpha value is -2.88. The van der Waals surface area contributed by atoms with Gasteiger partial charge >= 0.3 is 5.97 Å². The Morgan fingerprint density at radius 2 is 1.93 bits per heavy atom. The Morgan fingerprint density at radius 1 is 1.22 bits per heavy atom. The third-order valence-corrected chi connectivity index (χ3v) is 5.12. The van der Waals surface area contributed by atoms with Crippen molar-refractivity contribution in [1.82, 2.24) is 4.90 Å². The van der Waals surface area contributed by atoms with Gasteiger partial charge in [-0.3, -0.25) is 14.4 Å². The summed E-state index contributed by atoms with van der Waals surface area (Å²) < 4.78 is 5.11. The first-order chi connectivity index (χ1) is 13.1. The van der Waals surface area contributed by atoms with Crippen LogP contribution in [0.3, 0.4) is 0 Å². The lowest BCUT2D eigenvalue weighted by Gasteiger charge is -2.23. The molecule has 2 aliphatic rings. The predicted molar refractivity (Wildman–Crippen MR) is 97.4 cm³/mol. The molecule has 1 atom stereocenters. The van der Waals surface area contributed by atoms with E-state index in [1.165, 1.54) is 0 Å². The van der Waals surface area contributed by atoms with E-state index in [2.05, 4.69) is 11.4 Å². The van der Waals surface area contributed by atoms with E-state index in [9.17, 15) is 14.4 Å². The molecule has 1 aliphatic carbocycles. The summed E-state index contributed by atoms with van der Waals surface area (Å²) >= 11 is 0. The van der Waals surface area contributed by atoms with Crippen molar-refractivity contribution in [1.29, 1.82) is 5.26 Å². The largest absolute Gasteiger partial charge is 0.455 e. The molecular weight excluding hydrogens is 346 g/mol. The smallest absolute Gasteiger partial charge is 0.311 e. The van der Waals surface area contributed by atoms with Crippen molar-refractivity contribution in [3.8, 4) is 6.07 Å². The van der Waals surface area contributed by atoms with E-state index in [-0.39, 0.29) is 25.0 Å². The average molecular weight is 369 g/mol. The highest BCUT2D eigenvalue weighted by molar-refractivity contribution is 5.93. The van der Waals surface area contributed by atoms with E-state index in [1.54, 1.807) is 24.3 Å². The number of benzene rings is 1. The molecule has 0 radical (unpaired) electrons. The topological polar surface area (TPSA) is 99.5 Å². The van der Waals surface area contributed by atoms with Crippen molar-refractivity contribution in [3.63, 3.8) is 0 Å². The summed E-state index contributed by atoms with van der Waals surface area (Å²) in [6.45, 7) is 0.0111. The molecule has 7 nitrogen and oxygen atoms in total. The van der Waals surface area contributed by atoms with Gasteiger partial charge in [-0.1, -0.05) is 25.0 Å². The number of rotatable bonds is 6. The van der Waals surface area contributed by atoms with E-state index in [0.29, 0.717) is 18.7 Å². The molecule has 1 heterocycles. The van der Waals surface area contributed by atoms with Crippen LogP contribution in [0, 0.1) is 17.2 Å². The van der Waals surface area contributed by atoms with Crippen molar-refractivity contribution in [2.75, 3.05) is 18.5 Å². The molecule has 0 spiro atoms. The molecule has 0 unspecified atom stereocenters. The summed E-state index contributed by atoms with van der Waals surface area (Å²) in [7, 11) is 0. The number of nitriles is 1. The third kappa shape index (κ3) is 4.85. The van der Waals surface area contributed by atoms with Crippen LogP contribution in [0.15, 0.2) is 24.3 Å². The van der Waals surface area contributed by atoms with Gasteiger partial charge < -0.3 is 15.0 Å². The molecule has 27 heavy (non-hydrogen) atoms. The maximum absolute atomic E-state index is 12.2. The summed E-state index contributed by atoms with van der Waals surface area (Å²) in [6, 6.07) is 9.21. The molecule has 0 bridgehead atoms. The number of nitrogens with zero attached hydrogens (tertiary/aromatic N) is 2. The number of likely N-dealkylation sites (tertiary alicyclic amines) is 1. The molecule has 2 fully saturated rings. The first-order valence-electron chi connectivity index (χ1n) is 9.28. The van der Waals surface area contributed by atoms with Crippen LogP contribution < -0.4 is 5.32 Å². The van der Waals surface area contributed by atoms with Gasteiger partial charge in [-0.15, -0.1) is 0 Å². The summed E-state index contributed by atoms with van der Waals surface area (Å²) in [4.78, 5) is 38.1. The van der Waals surface area contributed by atoms with Crippen molar-refractivity contribution in [2.24, 2.45) is 5.92 Å². The Morgan fingerprint density at radius 3 is 2.59 bits per heavy atom. The van der Waals surface area contributed by atoms with Crippen LogP contribution in [0.25, 0.3) is 0 Å². The Labute approximate surface area is 158 Å². The quantitative estimate of drug-likeness (QED) is 0.774. The number of nitrogens with one attached hydrogen (secondary N) is 1. The lowest BCUT2D eigenvalue weighted by Crippen LogP contribution is -2.35. The van der Waals surface area contributed by atoms with Crippen LogP contribution in [0.5, 0.6) is 0 Å². The molecule has 1 N–H and O–H groups in total. The number of hydrogen-bond donors (Lipinski definition) is 1. The van der Waals surface area contributed by atoms with E-state index in [1.807, 2.05) is 4.90 Å². The molecule has 1 aromatic carbocycles. The standard InChI is InChI=1S/C20H23N3O4/c21-10-9-14-5-7-16(8-6-14)22-18(24)13-27-20(26)15-11-19(25)23(12-15)17-3-1-2-4-17/h5-8,15,17H,1-4,9,11-13H2,(H,22,24)/t15-/m0/s1. The number of hydrogen-bond acceptors (Lipinski definition) is 5. The molecule has 142 valence electrons. The molecule has 0 aromatic heterocycles. The third-order valence-electron chi connectivity index (χ3n) is 5.12. The Bertz CT molecular complexity index is 747. The zero-order chi connectivity index (χ0) is 19.2. The number of amides is 2. The minimum absolute atomic E-state index is 0.00533. The predicted octanol–water partition coefficient (Wildman–Crippen LogP) is 2.03. The molecule has 1 saturated heterocycles. The fraction of sp³-hybridized carbons (Fsp3) is 0.500. The second kappa shape index (κ2) is 8.67. The van der Waals surface area contributed by atoms with Gasteiger partial charge in [-0.05, 0) is 30.5 Å². The van der Waals surface area contributed by atoms with Crippen LogP contribution in [-0.4, -0.2) is 41.9 Å². The maximum Gasteiger partial charge on any atom is 0.311 e. The average Bonchev–Trinajstić information content (AvgIpc) is 3.31. The molecule has 7 heteroatoms. The first-order valence-corrected chi connectivity index (χ1v) is 9.28. The fourth-order valence-electron chi connectivity index (χ4n) is 3.71. The van der Waals surface area contributed by atoms with Crippen molar-refractivity contribution >= 4 is 23.5 Å². The van der Waals surface area contributed by atoms with Crippen LogP contribution in [0.2, 0.25) is 0 Å². The van der Waals surface area contributed by atoms with Gasteiger partial charge in [0, 0.05) is 24.7 Å². The molecule has 3 rings (SSSR count). The Balaban J connectivity index is 1.44. The summed E-state index contributed by atoms with van der Waals surface area (Å²) in [5.74, 6) is -1.42. The lowest BCUT2D eigenvalue weighted by atomic mass is 10.1. The van der Waals surface area contributed by atoms with Gasteiger partial charge in [0.1, 0.15) is 0 Å². The molecule has 1 saturated carbocycles. The second-order valence-corrected chi connectivity index (χ2v) is 7.07. The monoisotopic (exact) mass is 369 g/mol. The lowest BCUT2D eigenvalue weighted by molar-refractivity contribution is -0.151. The van der Waals surface area contributed by atoms with Gasteiger partial charge in [0.2, 0.25) is 5.91 Å². The molecule has 1 aromatic rings. The maximum atomic E-state index is 12.2. The molecule has 2 amide bonds. The zero-order valence-electron chi connectivity index (χ0n) is 15.1. The fourth-order valence-corrected chi connectivity index (χ4v) is 3.71. The van der Waals surface area contributed by atoms with Gasteiger partial charge in [0.25, 0.3) is 5.91 Å². The highest BCUT2D eigenvalue weighted by Crippen LogP contribution is 2.29. The number of esters is 1. The van der Waals surface area contributed by atoms with E-state index in [0.717, 1.165) is 31.2 Å². The Kier molecular flexibility index (Phi) is 6.07. The van der Waals surface area contributed by atoms with Gasteiger partial charge in [-0.2, -0.15) is 5.26 Å². The van der Waals surface area contributed by atoms with Gasteiger partial charge in [0.15, 0.2) is 6.61 Å². The van der Waals surface area contributed by atoms with Gasteiger partial charge in [-0.25, -0.2) is 0 Å². The second-order valence-electron chi connectivity index (χ2n) is 7.07. The van der Waals surface area contributed by atoms with Gasteiger partial charge in [0.05, 0.1) is 18.4 Å². The summed E-state index contributed by atoms with van der Waals surface area (Å²) in [5, 5.41) is 11.3. The van der Waals surface area contributed by atoms with Crippen LogP contribution in [-0.2, 0) is 25.5 Å². The molecule has 1 aliphatic heterocycles. The van der Waals surface area contributed by atoms with Crippen LogP contribution in [0.1, 0.15) is 37.7 Å². The van der Waals surface area contributed by atoms with Crippen LogP contribution >= 0.6 is 0 Å². The van der Waals surface area contributed by atoms with E-state index < -0.39 is 17.8 Å². The van der Waals surface area contributed by atoms with Crippen molar-refractivity contribution in [3.05, 3.63) is 29.8 Å². The SMILES string of the molecule is N#CCc1ccc(NC(=O)COC(=O)[C@H]2CC(=O)N(C3CCCC3)C2)cc1. The van der Waals surface area contributed by atoms with Crippen molar-refractivity contribution < 1.29 is 19.1 Å². The minimum atomic E-state index is -0.497. The highest BCUT2D eigenvalue weighted by Gasteiger charge is 2.39. The first kappa shape index (κ1) is 18.9. The normalized spacial score (nSPS) is 19.7. The van der Waals surface area contributed by atoms with Crippen LogP contribution in [0.4, 0.5) is 5.69 Å². The number of anilines is 1. The number of carbonyl (C=O) groups excluding carboxylic acids is 3.